The average Bonchev–Trinajstić information content (AvgIpc) is 2.88. The molecule has 0 spiro atoms. The van der Waals surface area contributed by atoms with E-state index in [1.807, 2.05) is 25.7 Å². The fourth-order valence-electron chi connectivity index (χ4n) is 4.22. The number of nitrogens with zero attached hydrogens (tertiary/aromatic N) is 4. The van der Waals surface area contributed by atoms with E-state index in [1.165, 1.54) is 6.20 Å². The average molecular weight is 442 g/mol. The molecule has 156 valence electrons. The van der Waals surface area contributed by atoms with Gasteiger partial charge in [-0.15, -0.1) is 0 Å². The summed E-state index contributed by atoms with van der Waals surface area (Å²) in [6.07, 6.45) is 4.51. The molecule has 2 atom stereocenters. The highest BCUT2D eigenvalue weighted by Crippen LogP contribution is 2.38. The fourth-order valence-corrected chi connectivity index (χ4v) is 4.53. The van der Waals surface area contributed by atoms with Gasteiger partial charge in [-0.2, -0.15) is 0 Å². The highest BCUT2D eigenvalue weighted by molar-refractivity contribution is 6.30. The number of anilines is 1. The standard InChI is InChI=1S/C19H22Cl2FN5O2/c1-19(2,3)29-18(28)27-10-4-5-11(27)7-9(6-10)24-16-12-8-23-15(20)13(22)14(12)25-17(21)26-16/h8-11H,4-7H2,1-3H3,(H,24,25,26). The first-order chi connectivity index (χ1) is 13.6. The molecule has 7 nitrogen and oxygen atoms in total. The molecule has 0 aromatic carbocycles. The van der Waals surface area contributed by atoms with Crippen molar-refractivity contribution in [2.45, 2.75) is 70.2 Å². The van der Waals surface area contributed by atoms with Crippen molar-refractivity contribution in [3.05, 3.63) is 22.5 Å². The predicted molar refractivity (Wildman–Crippen MR) is 109 cm³/mol. The van der Waals surface area contributed by atoms with Crippen molar-refractivity contribution in [3.63, 3.8) is 0 Å². The summed E-state index contributed by atoms with van der Waals surface area (Å²) in [6, 6.07) is 0.238. The van der Waals surface area contributed by atoms with Gasteiger partial charge in [0, 0.05) is 24.3 Å². The number of fused-ring (bicyclic) bond motifs is 3. The number of hydrogen-bond acceptors (Lipinski definition) is 6. The lowest BCUT2D eigenvalue weighted by molar-refractivity contribution is 0.00683. The number of hydrogen-bond donors (Lipinski definition) is 1. The van der Waals surface area contributed by atoms with Gasteiger partial charge in [0.25, 0.3) is 0 Å². The summed E-state index contributed by atoms with van der Waals surface area (Å²) in [5.41, 5.74) is -0.498. The molecular weight excluding hydrogens is 420 g/mol. The number of piperidine rings is 1. The molecule has 2 aromatic heterocycles. The van der Waals surface area contributed by atoms with Crippen molar-refractivity contribution in [2.24, 2.45) is 0 Å². The Hall–Kier alpha value is -1.93. The molecule has 0 saturated carbocycles. The minimum Gasteiger partial charge on any atom is -0.444 e. The molecule has 1 N–H and O–H groups in total. The smallest absolute Gasteiger partial charge is 0.410 e. The van der Waals surface area contributed by atoms with Crippen LogP contribution in [0.4, 0.5) is 15.0 Å². The summed E-state index contributed by atoms with van der Waals surface area (Å²) < 4.78 is 19.9. The SMILES string of the molecule is CC(C)(C)OC(=O)N1C2CCC1CC(Nc1nc(Cl)nc3c(F)c(Cl)ncc13)C2. The van der Waals surface area contributed by atoms with E-state index in [2.05, 4.69) is 20.3 Å². The zero-order valence-electron chi connectivity index (χ0n) is 16.4. The van der Waals surface area contributed by atoms with Crippen LogP contribution in [0.1, 0.15) is 46.5 Å². The molecule has 2 unspecified atom stereocenters. The Kier molecular flexibility index (Phi) is 5.19. The Morgan fingerprint density at radius 2 is 1.90 bits per heavy atom. The van der Waals surface area contributed by atoms with Crippen molar-refractivity contribution < 1.29 is 13.9 Å². The predicted octanol–water partition coefficient (Wildman–Crippen LogP) is 4.81. The Balaban J connectivity index is 1.55. The van der Waals surface area contributed by atoms with Crippen molar-refractivity contribution in [2.75, 3.05) is 5.32 Å². The maximum atomic E-state index is 14.3. The van der Waals surface area contributed by atoms with E-state index >= 15 is 0 Å². The fraction of sp³-hybridized carbons (Fsp3) is 0.579. The summed E-state index contributed by atoms with van der Waals surface area (Å²) in [7, 11) is 0. The number of halogens is 3. The lowest BCUT2D eigenvalue weighted by Gasteiger charge is -2.39. The van der Waals surface area contributed by atoms with Gasteiger partial charge < -0.3 is 15.0 Å². The van der Waals surface area contributed by atoms with E-state index in [1.54, 1.807) is 0 Å². The quantitative estimate of drug-likeness (QED) is 0.531. The van der Waals surface area contributed by atoms with Crippen LogP contribution in [0.25, 0.3) is 10.9 Å². The number of carbonyl (C=O) groups excluding carboxylic acids is 1. The van der Waals surface area contributed by atoms with Gasteiger partial charge in [0.15, 0.2) is 11.0 Å². The molecular formula is C19H22Cl2FN5O2. The van der Waals surface area contributed by atoms with Crippen LogP contribution >= 0.6 is 23.2 Å². The van der Waals surface area contributed by atoms with E-state index in [0.717, 1.165) is 25.7 Å². The number of rotatable bonds is 2. The molecule has 10 heteroatoms. The molecule has 1 amide bonds. The molecule has 2 aromatic rings. The first-order valence-corrected chi connectivity index (χ1v) is 10.3. The van der Waals surface area contributed by atoms with Gasteiger partial charge in [0.2, 0.25) is 5.28 Å². The van der Waals surface area contributed by atoms with E-state index < -0.39 is 11.4 Å². The second-order valence-electron chi connectivity index (χ2n) is 8.55. The molecule has 2 aliphatic rings. The van der Waals surface area contributed by atoms with Gasteiger partial charge in [0.05, 0.1) is 5.39 Å². The van der Waals surface area contributed by atoms with Gasteiger partial charge in [-0.3, -0.25) is 0 Å². The summed E-state index contributed by atoms with van der Waals surface area (Å²) in [4.78, 5) is 26.5. The van der Waals surface area contributed by atoms with E-state index in [4.69, 9.17) is 27.9 Å². The number of carbonyl (C=O) groups is 1. The van der Waals surface area contributed by atoms with Crippen LogP contribution in [0.2, 0.25) is 10.4 Å². The number of ether oxygens (including phenoxy) is 1. The third-order valence-electron chi connectivity index (χ3n) is 5.29. The first kappa shape index (κ1) is 20.3. The lowest BCUT2D eigenvalue weighted by Crippen LogP contribution is -2.51. The Bertz CT molecular complexity index is 954. The molecule has 2 saturated heterocycles. The minimum absolute atomic E-state index is 0.0293. The monoisotopic (exact) mass is 441 g/mol. The van der Waals surface area contributed by atoms with Crippen molar-refractivity contribution >= 4 is 46.0 Å². The van der Waals surface area contributed by atoms with Gasteiger partial charge >= 0.3 is 6.09 Å². The van der Waals surface area contributed by atoms with E-state index in [0.29, 0.717) is 11.2 Å². The summed E-state index contributed by atoms with van der Waals surface area (Å²) in [5, 5.41) is 3.43. The molecule has 2 aliphatic heterocycles. The number of aromatic nitrogens is 3. The largest absolute Gasteiger partial charge is 0.444 e. The second-order valence-corrected chi connectivity index (χ2v) is 9.25. The summed E-state index contributed by atoms with van der Waals surface area (Å²) >= 11 is 11.8. The van der Waals surface area contributed by atoms with Crippen LogP contribution in [0.5, 0.6) is 0 Å². The van der Waals surface area contributed by atoms with E-state index in [-0.39, 0.29) is 40.2 Å². The zero-order valence-corrected chi connectivity index (χ0v) is 17.9. The van der Waals surface area contributed by atoms with Crippen LogP contribution in [-0.2, 0) is 4.74 Å². The molecule has 0 aliphatic carbocycles. The third kappa shape index (κ3) is 4.05. The third-order valence-corrected chi connectivity index (χ3v) is 5.73. The highest BCUT2D eigenvalue weighted by Gasteiger charge is 2.45. The number of amides is 1. The first-order valence-electron chi connectivity index (χ1n) is 9.57. The van der Waals surface area contributed by atoms with Gasteiger partial charge in [-0.1, -0.05) is 11.6 Å². The minimum atomic E-state index is -0.726. The normalized spacial score (nSPS) is 24.1. The topological polar surface area (TPSA) is 80.2 Å². The summed E-state index contributed by atoms with van der Waals surface area (Å²) in [6.45, 7) is 5.60. The van der Waals surface area contributed by atoms with Gasteiger partial charge in [-0.05, 0) is 58.1 Å². The molecule has 2 fully saturated rings. The van der Waals surface area contributed by atoms with Crippen LogP contribution in [0.15, 0.2) is 6.20 Å². The molecule has 29 heavy (non-hydrogen) atoms. The van der Waals surface area contributed by atoms with Crippen LogP contribution in [0, 0.1) is 5.82 Å². The summed E-state index contributed by atoms with van der Waals surface area (Å²) in [5.74, 6) is -0.311. The maximum Gasteiger partial charge on any atom is 0.410 e. The lowest BCUT2D eigenvalue weighted by atomic mass is 9.97. The zero-order chi connectivity index (χ0) is 20.9. The number of nitrogens with one attached hydrogen (secondary N) is 1. The van der Waals surface area contributed by atoms with Crippen molar-refractivity contribution in [1.82, 2.24) is 19.9 Å². The second kappa shape index (κ2) is 7.40. The van der Waals surface area contributed by atoms with Gasteiger partial charge in [-0.25, -0.2) is 24.1 Å². The van der Waals surface area contributed by atoms with Crippen LogP contribution in [-0.4, -0.2) is 49.7 Å². The number of pyridine rings is 1. The van der Waals surface area contributed by atoms with Crippen molar-refractivity contribution in [1.29, 1.82) is 0 Å². The Morgan fingerprint density at radius 1 is 1.24 bits per heavy atom. The van der Waals surface area contributed by atoms with Crippen molar-refractivity contribution in [3.8, 4) is 0 Å². The molecule has 4 heterocycles. The van der Waals surface area contributed by atoms with Gasteiger partial charge in [0.1, 0.15) is 16.9 Å². The van der Waals surface area contributed by atoms with Crippen LogP contribution in [0.3, 0.4) is 0 Å². The van der Waals surface area contributed by atoms with Crippen LogP contribution < -0.4 is 5.32 Å². The molecule has 2 bridgehead atoms. The van der Waals surface area contributed by atoms with E-state index in [9.17, 15) is 9.18 Å². The maximum absolute atomic E-state index is 14.3. The molecule has 0 radical (unpaired) electrons. The Labute approximate surface area is 177 Å². The highest BCUT2D eigenvalue weighted by atomic mass is 35.5. The Morgan fingerprint density at radius 3 is 2.52 bits per heavy atom. The molecule has 4 rings (SSSR count).